The number of anilines is 1. The molecule has 0 aliphatic heterocycles. The second kappa shape index (κ2) is 5.55. The zero-order valence-corrected chi connectivity index (χ0v) is 13.6. The largest absolute Gasteiger partial charge is 0.300 e. The van der Waals surface area contributed by atoms with Crippen molar-refractivity contribution < 1.29 is 4.79 Å². The molecule has 2 aromatic rings. The van der Waals surface area contributed by atoms with Crippen molar-refractivity contribution in [3.63, 3.8) is 0 Å². The number of rotatable bonds is 3. The molecule has 1 N–H and O–H groups in total. The number of nitrogens with one attached hydrogen (secondary N) is 1. The molecule has 1 saturated carbocycles. The van der Waals surface area contributed by atoms with Crippen LogP contribution in [-0.2, 0) is 10.2 Å². The van der Waals surface area contributed by atoms with Crippen LogP contribution in [0.4, 0.5) is 5.13 Å². The van der Waals surface area contributed by atoms with Crippen molar-refractivity contribution in [1.29, 1.82) is 0 Å². The predicted octanol–water partition coefficient (Wildman–Crippen LogP) is 4.21. The van der Waals surface area contributed by atoms with Gasteiger partial charge in [0.25, 0.3) is 0 Å². The third-order valence-corrected chi connectivity index (χ3v) is 5.14. The molecule has 1 heterocycles. The van der Waals surface area contributed by atoms with E-state index in [2.05, 4.69) is 15.5 Å². The Labute approximate surface area is 136 Å². The number of aryl methyl sites for hydroxylation is 1. The average molecular weight is 342 g/mol. The fraction of sp³-hybridized carbons (Fsp3) is 0.357. The maximum Gasteiger partial charge on any atom is 0.236 e. The van der Waals surface area contributed by atoms with E-state index < -0.39 is 5.41 Å². The number of hydrogen-bond donors (Lipinski definition) is 1. The molecular weight excluding hydrogens is 329 g/mol. The van der Waals surface area contributed by atoms with Crippen LogP contribution in [0.15, 0.2) is 18.2 Å². The third-order valence-electron chi connectivity index (χ3n) is 3.83. The Kier molecular flexibility index (Phi) is 3.90. The summed E-state index contributed by atoms with van der Waals surface area (Å²) < 4.78 is 0. The van der Waals surface area contributed by atoms with Crippen molar-refractivity contribution in [2.24, 2.45) is 0 Å². The summed E-state index contributed by atoms with van der Waals surface area (Å²) in [5.41, 5.74) is 0.250. The van der Waals surface area contributed by atoms with Crippen molar-refractivity contribution in [1.82, 2.24) is 10.2 Å². The molecule has 4 nitrogen and oxygen atoms in total. The van der Waals surface area contributed by atoms with E-state index in [9.17, 15) is 4.79 Å². The van der Waals surface area contributed by atoms with E-state index in [0.717, 1.165) is 29.8 Å². The first-order chi connectivity index (χ1) is 10.0. The Morgan fingerprint density at radius 3 is 2.62 bits per heavy atom. The number of nitrogens with zero attached hydrogens (tertiary/aromatic N) is 2. The molecule has 0 radical (unpaired) electrons. The first kappa shape index (κ1) is 14.8. The number of carbonyl (C=O) groups excluding carboxylic acids is 1. The molecule has 0 unspecified atom stereocenters. The molecule has 0 atom stereocenters. The Morgan fingerprint density at radius 2 is 2.10 bits per heavy atom. The molecule has 1 fully saturated rings. The molecule has 1 aliphatic rings. The highest BCUT2D eigenvalue weighted by Gasteiger charge is 2.47. The normalized spacial score (nSPS) is 16.3. The van der Waals surface area contributed by atoms with E-state index in [1.54, 1.807) is 12.1 Å². The molecule has 0 spiro atoms. The van der Waals surface area contributed by atoms with Gasteiger partial charge in [-0.05, 0) is 37.5 Å². The fourth-order valence-corrected chi connectivity index (χ4v) is 3.77. The van der Waals surface area contributed by atoms with Crippen molar-refractivity contribution in [3.8, 4) is 0 Å². The highest BCUT2D eigenvalue weighted by Crippen LogP contribution is 2.47. The number of carbonyl (C=O) groups is 1. The van der Waals surface area contributed by atoms with Gasteiger partial charge in [0.1, 0.15) is 5.01 Å². The second-order valence-electron chi connectivity index (χ2n) is 5.14. The third kappa shape index (κ3) is 2.65. The van der Waals surface area contributed by atoms with Crippen LogP contribution in [0.3, 0.4) is 0 Å². The molecule has 1 aromatic heterocycles. The van der Waals surface area contributed by atoms with E-state index in [0.29, 0.717) is 15.2 Å². The SMILES string of the molecule is Cc1nnc(NC(=O)C2(c3ccc(Cl)cc3Cl)CCC2)s1. The summed E-state index contributed by atoms with van der Waals surface area (Å²) in [5, 5.41) is 13.1. The van der Waals surface area contributed by atoms with Gasteiger partial charge in [-0.15, -0.1) is 10.2 Å². The summed E-state index contributed by atoms with van der Waals surface area (Å²) >= 11 is 13.6. The fourth-order valence-electron chi connectivity index (χ4n) is 2.59. The van der Waals surface area contributed by atoms with Crippen molar-refractivity contribution in [3.05, 3.63) is 38.8 Å². The minimum absolute atomic E-state index is 0.0749. The lowest BCUT2D eigenvalue weighted by molar-refractivity contribution is -0.124. The zero-order chi connectivity index (χ0) is 15.0. The maximum absolute atomic E-state index is 12.7. The van der Waals surface area contributed by atoms with Gasteiger partial charge >= 0.3 is 0 Å². The van der Waals surface area contributed by atoms with Gasteiger partial charge in [0.15, 0.2) is 0 Å². The molecule has 110 valence electrons. The lowest BCUT2D eigenvalue weighted by atomic mass is 9.64. The van der Waals surface area contributed by atoms with Crippen LogP contribution in [0.1, 0.15) is 29.8 Å². The maximum atomic E-state index is 12.7. The van der Waals surface area contributed by atoms with Gasteiger partial charge in [0.2, 0.25) is 11.0 Å². The summed E-state index contributed by atoms with van der Waals surface area (Å²) in [6, 6.07) is 5.29. The van der Waals surface area contributed by atoms with E-state index in [1.165, 1.54) is 11.3 Å². The summed E-state index contributed by atoms with van der Waals surface area (Å²) in [7, 11) is 0. The van der Waals surface area contributed by atoms with Gasteiger partial charge < -0.3 is 0 Å². The highest BCUT2D eigenvalue weighted by molar-refractivity contribution is 7.15. The molecule has 0 bridgehead atoms. The Balaban J connectivity index is 1.90. The van der Waals surface area contributed by atoms with E-state index in [1.807, 2.05) is 13.0 Å². The van der Waals surface area contributed by atoms with Crippen LogP contribution in [-0.4, -0.2) is 16.1 Å². The minimum Gasteiger partial charge on any atom is -0.300 e. The Bertz CT molecular complexity index is 697. The summed E-state index contributed by atoms with van der Waals surface area (Å²) in [5.74, 6) is -0.0749. The quantitative estimate of drug-likeness (QED) is 0.909. The van der Waals surface area contributed by atoms with Gasteiger partial charge in [-0.1, -0.05) is 47.0 Å². The van der Waals surface area contributed by atoms with Gasteiger partial charge in [-0.2, -0.15) is 0 Å². The predicted molar refractivity (Wildman–Crippen MR) is 85.3 cm³/mol. The van der Waals surface area contributed by atoms with Crippen molar-refractivity contribution in [2.75, 3.05) is 5.32 Å². The van der Waals surface area contributed by atoms with Gasteiger partial charge in [-0.25, -0.2) is 0 Å². The van der Waals surface area contributed by atoms with Crippen molar-refractivity contribution >= 4 is 45.6 Å². The minimum atomic E-state index is -0.582. The molecule has 1 amide bonds. The van der Waals surface area contributed by atoms with Crippen LogP contribution in [0, 0.1) is 6.92 Å². The monoisotopic (exact) mass is 341 g/mol. The lowest BCUT2D eigenvalue weighted by Crippen LogP contribution is -2.46. The topological polar surface area (TPSA) is 54.9 Å². The zero-order valence-electron chi connectivity index (χ0n) is 11.3. The van der Waals surface area contributed by atoms with Crippen LogP contribution in [0.25, 0.3) is 0 Å². The van der Waals surface area contributed by atoms with Crippen LogP contribution in [0.2, 0.25) is 10.0 Å². The lowest BCUT2D eigenvalue weighted by Gasteiger charge is -2.40. The molecule has 7 heteroatoms. The molecule has 3 rings (SSSR count). The number of benzene rings is 1. The number of aromatic nitrogens is 2. The van der Waals surface area contributed by atoms with Gasteiger partial charge in [0, 0.05) is 10.0 Å². The summed E-state index contributed by atoms with van der Waals surface area (Å²) in [6.07, 6.45) is 2.55. The second-order valence-corrected chi connectivity index (χ2v) is 7.17. The Hall–Kier alpha value is -1.17. The number of hydrogen-bond acceptors (Lipinski definition) is 4. The number of halogens is 2. The molecule has 21 heavy (non-hydrogen) atoms. The first-order valence-electron chi connectivity index (χ1n) is 6.58. The molecule has 1 aliphatic carbocycles. The van der Waals surface area contributed by atoms with Crippen molar-refractivity contribution in [2.45, 2.75) is 31.6 Å². The van der Waals surface area contributed by atoms with E-state index in [-0.39, 0.29) is 5.91 Å². The van der Waals surface area contributed by atoms with Crippen LogP contribution in [0.5, 0.6) is 0 Å². The summed E-state index contributed by atoms with van der Waals surface area (Å²) in [6.45, 7) is 1.85. The molecule has 1 aromatic carbocycles. The smallest absolute Gasteiger partial charge is 0.236 e. The van der Waals surface area contributed by atoms with E-state index in [4.69, 9.17) is 23.2 Å². The average Bonchev–Trinajstić information content (AvgIpc) is 2.76. The molecule has 0 saturated heterocycles. The van der Waals surface area contributed by atoms with E-state index >= 15 is 0 Å². The van der Waals surface area contributed by atoms with Crippen LogP contribution < -0.4 is 5.32 Å². The number of amides is 1. The first-order valence-corrected chi connectivity index (χ1v) is 8.16. The Morgan fingerprint density at radius 1 is 1.33 bits per heavy atom. The standard InChI is InChI=1S/C14H13Cl2N3OS/c1-8-18-19-13(21-8)17-12(20)14(5-2-6-14)10-4-3-9(15)7-11(10)16/h3-4,7H,2,5-6H2,1H3,(H,17,19,20). The van der Waals surface area contributed by atoms with Gasteiger partial charge in [-0.3, -0.25) is 10.1 Å². The van der Waals surface area contributed by atoms with Crippen LogP contribution >= 0.6 is 34.5 Å². The highest BCUT2D eigenvalue weighted by atomic mass is 35.5. The molecular formula is C14H13Cl2N3OS. The van der Waals surface area contributed by atoms with Gasteiger partial charge in [0.05, 0.1) is 5.41 Å². The summed E-state index contributed by atoms with van der Waals surface area (Å²) in [4.78, 5) is 12.7.